The van der Waals surface area contributed by atoms with Crippen LogP contribution in [-0.2, 0) is 11.3 Å². The Hall–Kier alpha value is -2.47. The number of halogens is 1. The summed E-state index contributed by atoms with van der Waals surface area (Å²) in [6.45, 7) is 2.09. The van der Waals surface area contributed by atoms with Crippen LogP contribution >= 0.6 is 15.9 Å². The number of nitrogens with zero attached hydrogens (tertiary/aromatic N) is 3. The Kier molecular flexibility index (Phi) is 4.52. The summed E-state index contributed by atoms with van der Waals surface area (Å²) in [7, 11) is 0. The zero-order valence-corrected chi connectivity index (χ0v) is 14.0. The number of aryl methyl sites for hydroxylation is 1. The number of carbonyl (C=O) groups is 1. The summed E-state index contributed by atoms with van der Waals surface area (Å²) in [5.41, 5.74) is 3.14. The molecule has 0 saturated heterocycles. The van der Waals surface area contributed by atoms with Gasteiger partial charge in [0.2, 0.25) is 0 Å². The minimum absolute atomic E-state index is 0.0841. The number of hydrogen-bond donors (Lipinski definition) is 0. The van der Waals surface area contributed by atoms with Crippen molar-refractivity contribution in [1.29, 1.82) is 0 Å². The van der Waals surface area contributed by atoms with E-state index in [-0.39, 0.29) is 12.6 Å². The van der Waals surface area contributed by atoms with E-state index in [0.29, 0.717) is 11.3 Å². The van der Waals surface area contributed by atoms with E-state index in [1.165, 1.54) is 0 Å². The summed E-state index contributed by atoms with van der Waals surface area (Å²) in [5, 5.41) is 8.12. The molecule has 0 aliphatic rings. The van der Waals surface area contributed by atoms with Crippen LogP contribution in [0.25, 0.3) is 5.69 Å². The van der Waals surface area contributed by atoms with Gasteiger partial charge in [-0.05, 0) is 42.8 Å². The number of rotatable bonds is 4. The average Bonchev–Trinajstić information content (AvgIpc) is 3.02. The second kappa shape index (κ2) is 6.75. The van der Waals surface area contributed by atoms with E-state index in [1.54, 1.807) is 35.1 Å². The topological polar surface area (TPSA) is 57.0 Å². The van der Waals surface area contributed by atoms with Gasteiger partial charge in [-0.2, -0.15) is 0 Å². The molecule has 3 rings (SSSR count). The van der Waals surface area contributed by atoms with Gasteiger partial charge >= 0.3 is 5.97 Å². The van der Waals surface area contributed by atoms with Crippen LogP contribution in [0.4, 0.5) is 0 Å². The zero-order chi connectivity index (χ0) is 16.2. The minimum atomic E-state index is -0.386. The molecule has 23 heavy (non-hydrogen) atoms. The Morgan fingerprint density at radius 2 is 1.91 bits per heavy atom. The molecule has 0 fully saturated rings. The molecule has 2 aromatic carbocycles. The van der Waals surface area contributed by atoms with Crippen molar-refractivity contribution in [3.05, 3.63) is 76.0 Å². The van der Waals surface area contributed by atoms with Gasteiger partial charge in [-0.15, -0.1) is 5.10 Å². The molecule has 1 aromatic heterocycles. The molecule has 0 atom stereocenters. The van der Waals surface area contributed by atoms with Gasteiger partial charge < -0.3 is 4.74 Å². The van der Waals surface area contributed by atoms with E-state index in [9.17, 15) is 4.79 Å². The summed E-state index contributed by atoms with van der Waals surface area (Å²) >= 11 is 3.33. The normalized spacial score (nSPS) is 10.5. The number of hydrogen-bond acceptors (Lipinski definition) is 4. The first kappa shape index (κ1) is 15.4. The van der Waals surface area contributed by atoms with Gasteiger partial charge in [0, 0.05) is 4.47 Å². The maximum absolute atomic E-state index is 12.0. The molecular weight excluding hydrogens is 358 g/mol. The van der Waals surface area contributed by atoms with Crippen molar-refractivity contribution in [2.75, 3.05) is 0 Å². The lowest BCUT2D eigenvalue weighted by Gasteiger charge is -2.03. The summed E-state index contributed by atoms with van der Waals surface area (Å²) < 4.78 is 7.85. The molecule has 1 heterocycles. The summed E-state index contributed by atoms with van der Waals surface area (Å²) in [5.74, 6) is -0.386. The maximum Gasteiger partial charge on any atom is 0.338 e. The standard InChI is InChI=1S/C17H14BrN3O2/c1-12-4-2-3-5-16(12)21-10-15(19-20-21)11-23-17(22)13-6-8-14(18)9-7-13/h2-10H,11H2,1H3. The Morgan fingerprint density at radius 3 is 2.65 bits per heavy atom. The predicted octanol–water partition coefficient (Wildman–Crippen LogP) is 3.70. The first-order chi connectivity index (χ1) is 11.1. The predicted molar refractivity (Wildman–Crippen MR) is 89.4 cm³/mol. The number of aromatic nitrogens is 3. The van der Waals surface area contributed by atoms with E-state index < -0.39 is 0 Å². The lowest BCUT2D eigenvalue weighted by Crippen LogP contribution is -2.05. The van der Waals surface area contributed by atoms with Crippen molar-refractivity contribution in [2.24, 2.45) is 0 Å². The smallest absolute Gasteiger partial charge is 0.338 e. The highest BCUT2D eigenvalue weighted by Crippen LogP contribution is 2.14. The van der Waals surface area contributed by atoms with Crippen LogP contribution in [0.1, 0.15) is 21.6 Å². The lowest BCUT2D eigenvalue weighted by molar-refractivity contribution is 0.0467. The molecule has 5 nitrogen and oxygen atoms in total. The Balaban J connectivity index is 1.67. The lowest BCUT2D eigenvalue weighted by atomic mass is 10.2. The Morgan fingerprint density at radius 1 is 1.17 bits per heavy atom. The van der Waals surface area contributed by atoms with Crippen LogP contribution in [0.2, 0.25) is 0 Å². The fourth-order valence-electron chi connectivity index (χ4n) is 2.11. The number of para-hydroxylation sites is 1. The van der Waals surface area contributed by atoms with Crippen molar-refractivity contribution < 1.29 is 9.53 Å². The zero-order valence-electron chi connectivity index (χ0n) is 12.4. The first-order valence-electron chi connectivity index (χ1n) is 7.03. The van der Waals surface area contributed by atoms with Crippen molar-refractivity contribution >= 4 is 21.9 Å². The molecule has 0 saturated carbocycles. The van der Waals surface area contributed by atoms with Crippen molar-refractivity contribution in [3.8, 4) is 5.69 Å². The monoisotopic (exact) mass is 371 g/mol. The second-order valence-corrected chi connectivity index (χ2v) is 5.94. The van der Waals surface area contributed by atoms with Crippen LogP contribution < -0.4 is 0 Å². The molecular formula is C17H14BrN3O2. The van der Waals surface area contributed by atoms with E-state index in [0.717, 1.165) is 15.7 Å². The van der Waals surface area contributed by atoms with E-state index in [1.807, 2.05) is 31.2 Å². The molecule has 0 radical (unpaired) electrons. The number of benzene rings is 2. The highest BCUT2D eigenvalue weighted by molar-refractivity contribution is 9.10. The SMILES string of the molecule is Cc1ccccc1-n1cc(COC(=O)c2ccc(Br)cc2)nn1. The number of carbonyl (C=O) groups excluding carboxylic acids is 1. The number of ether oxygens (including phenoxy) is 1. The van der Waals surface area contributed by atoms with Gasteiger partial charge in [-0.25, -0.2) is 9.48 Å². The maximum atomic E-state index is 12.0. The summed E-state index contributed by atoms with van der Waals surface area (Å²) in [4.78, 5) is 12.0. The third-order valence-corrected chi connectivity index (χ3v) is 3.86. The molecule has 0 amide bonds. The van der Waals surface area contributed by atoms with Crippen LogP contribution in [0, 0.1) is 6.92 Å². The van der Waals surface area contributed by atoms with Gasteiger partial charge in [0.15, 0.2) is 0 Å². The van der Waals surface area contributed by atoms with E-state index in [2.05, 4.69) is 26.2 Å². The fourth-order valence-corrected chi connectivity index (χ4v) is 2.38. The largest absolute Gasteiger partial charge is 0.455 e. The molecule has 0 aliphatic heterocycles. The van der Waals surface area contributed by atoms with Crippen LogP contribution in [-0.4, -0.2) is 21.0 Å². The fraction of sp³-hybridized carbons (Fsp3) is 0.118. The highest BCUT2D eigenvalue weighted by Gasteiger charge is 2.10. The van der Waals surface area contributed by atoms with Crippen LogP contribution in [0.3, 0.4) is 0 Å². The van der Waals surface area contributed by atoms with Gasteiger partial charge in [0.25, 0.3) is 0 Å². The van der Waals surface area contributed by atoms with Crippen molar-refractivity contribution in [2.45, 2.75) is 13.5 Å². The Bertz CT molecular complexity index is 828. The van der Waals surface area contributed by atoms with Crippen molar-refractivity contribution in [3.63, 3.8) is 0 Å². The summed E-state index contributed by atoms with van der Waals surface area (Å²) in [6, 6.07) is 14.9. The number of esters is 1. The molecule has 3 aromatic rings. The van der Waals surface area contributed by atoms with Crippen LogP contribution in [0.15, 0.2) is 59.2 Å². The molecule has 116 valence electrons. The van der Waals surface area contributed by atoms with E-state index >= 15 is 0 Å². The molecule has 6 heteroatoms. The highest BCUT2D eigenvalue weighted by atomic mass is 79.9. The van der Waals surface area contributed by atoms with Gasteiger partial charge in [-0.1, -0.05) is 39.3 Å². The third kappa shape index (κ3) is 3.65. The molecule has 0 spiro atoms. The summed E-state index contributed by atoms with van der Waals surface area (Å²) in [6.07, 6.45) is 1.76. The molecule has 0 aliphatic carbocycles. The first-order valence-corrected chi connectivity index (χ1v) is 7.83. The van der Waals surface area contributed by atoms with Crippen molar-refractivity contribution in [1.82, 2.24) is 15.0 Å². The van der Waals surface area contributed by atoms with Crippen LogP contribution in [0.5, 0.6) is 0 Å². The third-order valence-electron chi connectivity index (χ3n) is 3.33. The van der Waals surface area contributed by atoms with E-state index in [4.69, 9.17) is 4.74 Å². The quantitative estimate of drug-likeness (QED) is 0.656. The minimum Gasteiger partial charge on any atom is -0.455 e. The molecule has 0 bridgehead atoms. The van der Waals surface area contributed by atoms with Gasteiger partial charge in [0.05, 0.1) is 17.4 Å². The average molecular weight is 372 g/mol. The Labute approximate surface area is 142 Å². The molecule has 0 N–H and O–H groups in total. The second-order valence-electron chi connectivity index (χ2n) is 5.02. The van der Waals surface area contributed by atoms with Gasteiger partial charge in [0.1, 0.15) is 12.3 Å². The molecule has 0 unspecified atom stereocenters. The van der Waals surface area contributed by atoms with Gasteiger partial charge in [-0.3, -0.25) is 0 Å².